The number of carbonyl (C=O) groups excluding carboxylic acids is 1. The average molecular weight is 276 g/mol. The van der Waals surface area contributed by atoms with Gasteiger partial charge >= 0.3 is 0 Å². The van der Waals surface area contributed by atoms with E-state index in [4.69, 9.17) is 5.73 Å². The minimum absolute atomic E-state index is 0.0770. The Hall–Kier alpha value is -1.59. The highest BCUT2D eigenvalue weighted by Gasteiger charge is 2.29. The van der Waals surface area contributed by atoms with Gasteiger partial charge in [0, 0.05) is 16.1 Å². The lowest BCUT2D eigenvalue weighted by Crippen LogP contribution is -2.46. The van der Waals surface area contributed by atoms with E-state index in [2.05, 4.69) is 5.32 Å². The van der Waals surface area contributed by atoms with Gasteiger partial charge in [-0.05, 0) is 25.3 Å². The Morgan fingerprint density at radius 1 is 1.47 bits per heavy atom. The summed E-state index contributed by atoms with van der Waals surface area (Å²) in [7, 11) is 0. The molecule has 1 fully saturated rings. The largest absolute Gasteiger partial charge is 0.397 e. The van der Waals surface area contributed by atoms with Gasteiger partial charge in [-0.3, -0.25) is 4.79 Å². The van der Waals surface area contributed by atoms with Crippen LogP contribution in [-0.2, 0) is 0 Å². The number of amides is 1. The van der Waals surface area contributed by atoms with Gasteiger partial charge in [-0.15, -0.1) is 11.3 Å². The molecular formula is C14H16N2O2S. The number of hydrogen-bond donors (Lipinski definition) is 3. The van der Waals surface area contributed by atoms with E-state index in [9.17, 15) is 9.90 Å². The predicted molar refractivity (Wildman–Crippen MR) is 77.5 cm³/mol. The maximum Gasteiger partial charge on any atom is 0.263 e. The van der Waals surface area contributed by atoms with E-state index in [1.807, 2.05) is 25.1 Å². The fraction of sp³-hybridized carbons (Fsp3) is 0.357. The quantitative estimate of drug-likeness (QED) is 0.785. The van der Waals surface area contributed by atoms with Crippen LogP contribution in [0.15, 0.2) is 18.2 Å². The molecule has 1 aliphatic rings. The van der Waals surface area contributed by atoms with Crippen LogP contribution in [0.5, 0.6) is 0 Å². The molecule has 1 saturated carbocycles. The summed E-state index contributed by atoms with van der Waals surface area (Å²) in [5.41, 5.74) is 7.76. The summed E-state index contributed by atoms with van der Waals surface area (Å²) in [6, 6.07) is 5.98. The number of rotatable bonds is 2. The average Bonchev–Trinajstić information content (AvgIpc) is 2.67. The number of anilines is 1. The molecule has 0 bridgehead atoms. The van der Waals surface area contributed by atoms with Crippen molar-refractivity contribution in [3.63, 3.8) is 0 Å². The number of aliphatic hydroxyl groups excluding tert-OH is 1. The van der Waals surface area contributed by atoms with Crippen LogP contribution in [0.25, 0.3) is 10.1 Å². The zero-order valence-corrected chi connectivity index (χ0v) is 11.5. The van der Waals surface area contributed by atoms with Gasteiger partial charge in [-0.2, -0.15) is 0 Å². The molecule has 1 aromatic carbocycles. The summed E-state index contributed by atoms with van der Waals surface area (Å²) in [4.78, 5) is 12.8. The Balaban J connectivity index is 1.90. The Bertz CT molecular complexity index is 644. The van der Waals surface area contributed by atoms with Crippen molar-refractivity contribution in [1.82, 2.24) is 5.32 Å². The molecule has 1 aliphatic carbocycles. The summed E-state index contributed by atoms with van der Waals surface area (Å²) in [6.45, 7) is 2.02. The molecule has 0 spiro atoms. The molecule has 1 aromatic heterocycles. The first-order valence-electron chi connectivity index (χ1n) is 6.32. The summed E-state index contributed by atoms with van der Waals surface area (Å²) in [5.74, 6) is -0.130. The van der Waals surface area contributed by atoms with Crippen LogP contribution in [-0.4, -0.2) is 23.2 Å². The molecule has 0 radical (unpaired) electrons. The molecule has 19 heavy (non-hydrogen) atoms. The standard InChI is InChI=1S/C14H16N2O2S/c1-7-3-2-4-10-11(15)13(19-12(7)10)14(18)16-8-5-9(17)6-8/h2-4,8-9,17H,5-6,15H2,1H3,(H,16,18). The smallest absolute Gasteiger partial charge is 0.263 e. The number of hydrogen-bond acceptors (Lipinski definition) is 4. The number of nitrogens with two attached hydrogens (primary N) is 1. The summed E-state index contributed by atoms with van der Waals surface area (Å²) in [5, 5.41) is 13.1. The Morgan fingerprint density at radius 3 is 2.84 bits per heavy atom. The molecule has 4 N–H and O–H groups in total. The van der Waals surface area contributed by atoms with E-state index in [-0.39, 0.29) is 18.1 Å². The van der Waals surface area contributed by atoms with E-state index in [1.165, 1.54) is 11.3 Å². The minimum atomic E-state index is -0.271. The number of thiophene rings is 1. The molecule has 3 rings (SSSR count). The van der Waals surface area contributed by atoms with Crippen LogP contribution in [0.3, 0.4) is 0 Å². The van der Waals surface area contributed by atoms with Crippen LogP contribution in [0.1, 0.15) is 28.1 Å². The van der Waals surface area contributed by atoms with Crippen LogP contribution in [0.4, 0.5) is 5.69 Å². The molecule has 5 heteroatoms. The van der Waals surface area contributed by atoms with Crippen molar-refractivity contribution in [3.8, 4) is 0 Å². The summed E-state index contributed by atoms with van der Waals surface area (Å²) in [6.07, 6.45) is 0.998. The fourth-order valence-electron chi connectivity index (χ4n) is 2.40. The highest BCUT2D eigenvalue weighted by molar-refractivity contribution is 7.21. The molecule has 2 aromatic rings. The van der Waals surface area contributed by atoms with Crippen molar-refractivity contribution in [1.29, 1.82) is 0 Å². The molecule has 0 aliphatic heterocycles. The highest BCUT2D eigenvalue weighted by atomic mass is 32.1. The van der Waals surface area contributed by atoms with E-state index in [0.717, 1.165) is 15.6 Å². The first-order chi connectivity index (χ1) is 9.06. The topological polar surface area (TPSA) is 75.4 Å². The predicted octanol–water partition coefficient (Wildman–Crippen LogP) is 2.05. The number of nitrogens with one attached hydrogen (secondary N) is 1. The SMILES string of the molecule is Cc1cccc2c(N)c(C(=O)NC3CC(O)C3)sc12. The summed E-state index contributed by atoms with van der Waals surface area (Å²) < 4.78 is 1.07. The van der Waals surface area contributed by atoms with Crippen molar-refractivity contribution in [3.05, 3.63) is 28.6 Å². The zero-order chi connectivity index (χ0) is 13.6. The van der Waals surface area contributed by atoms with E-state index < -0.39 is 0 Å². The molecule has 0 unspecified atom stereocenters. The minimum Gasteiger partial charge on any atom is -0.397 e. The van der Waals surface area contributed by atoms with Gasteiger partial charge in [0.2, 0.25) is 0 Å². The Labute approximate surface area is 115 Å². The first-order valence-corrected chi connectivity index (χ1v) is 7.14. The Kier molecular flexibility index (Phi) is 2.95. The van der Waals surface area contributed by atoms with E-state index in [1.54, 1.807) is 0 Å². The summed E-state index contributed by atoms with van der Waals surface area (Å²) >= 11 is 1.44. The molecule has 0 saturated heterocycles. The van der Waals surface area contributed by atoms with Crippen LogP contribution in [0.2, 0.25) is 0 Å². The molecule has 1 heterocycles. The molecule has 0 atom stereocenters. The third kappa shape index (κ3) is 2.09. The van der Waals surface area contributed by atoms with Crippen molar-refractivity contribution in [2.24, 2.45) is 0 Å². The van der Waals surface area contributed by atoms with Gasteiger partial charge in [-0.1, -0.05) is 18.2 Å². The van der Waals surface area contributed by atoms with Crippen molar-refractivity contribution < 1.29 is 9.90 Å². The van der Waals surface area contributed by atoms with Gasteiger partial charge in [0.25, 0.3) is 5.91 Å². The number of benzene rings is 1. The van der Waals surface area contributed by atoms with Crippen molar-refractivity contribution >= 4 is 33.0 Å². The Morgan fingerprint density at radius 2 is 2.21 bits per heavy atom. The molecule has 1 amide bonds. The molecule has 4 nitrogen and oxygen atoms in total. The van der Waals surface area contributed by atoms with E-state index in [0.29, 0.717) is 23.4 Å². The molecular weight excluding hydrogens is 260 g/mol. The first kappa shape index (κ1) is 12.4. The second kappa shape index (κ2) is 4.51. The second-order valence-electron chi connectivity index (χ2n) is 5.09. The lowest BCUT2D eigenvalue weighted by molar-refractivity contribution is 0.0565. The van der Waals surface area contributed by atoms with Gasteiger partial charge in [0.05, 0.1) is 11.8 Å². The van der Waals surface area contributed by atoms with Gasteiger partial charge in [-0.25, -0.2) is 0 Å². The lowest BCUT2D eigenvalue weighted by atomic mass is 9.89. The maximum atomic E-state index is 12.2. The number of aryl methyl sites for hydroxylation is 1. The molecule has 100 valence electrons. The number of nitrogen functional groups attached to an aromatic ring is 1. The van der Waals surface area contributed by atoms with Crippen LogP contribution >= 0.6 is 11.3 Å². The normalized spacial score (nSPS) is 22.2. The van der Waals surface area contributed by atoms with Crippen molar-refractivity contribution in [2.75, 3.05) is 5.73 Å². The van der Waals surface area contributed by atoms with Gasteiger partial charge in [0.15, 0.2) is 0 Å². The fourth-order valence-corrected chi connectivity index (χ4v) is 3.50. The maximum absolute atomic E-state index is 12.2. The third-order valence-corrected chi connectivity index (χ3v) is 4.96. The number of fused-ring (bicyclic) bond motifs is 1. The number of aliphatic hydroxyl groups is 1. The van der Waals surface area contributed by atoms with Crippen molar-refractivity contribution in [2.45, 2.75) is 31.9 Å². The second-order valence-corrected chi connectivity index (χ2v) is 6.11. The van der Waals surface area contributed by atoms with Gasteiger partial charge in [0.1, 0.15) is 4.88 Å². The van der Waals surface area contributed by atoms with Crippen LogP contribution in [0, 0.1) is 6.92 Å². The van der Waals surface area contributed by atoms with Crippen LogP contribution < -0.4 is 11.1 Å². The lowest BCUT2D eigenvalue weighted by Gasteiger charge is -2.31. The zero-order valence-electron chi connectivity index (χ0n) is 10.6. The third-order valence-electron chi connectivity index (χ3n) is 3.61. The van der Waals surface area contributed by atoms with Gasteiger partial charge < -0.3 is 16.2 Å². The van der Waals surface area contributed by atoms with E-state index >= 15 is 0 Å². The number of carbonyl (C=O) groups is 1. The highest BCUT2D eigenvalue weighted by Crippen LogP contribution is 2.35. The monoisotopic (exact) mass is 276 g/mol.